The molecule has 0 spiro atoms. The Bertz CT molecular complexity index is 1370. The van der Waals surface area contributed by atoms with Crippen molar-refractivity contribution >= 4 is 33.4 Å². The molecule has 0 aliphatic carbocycles. The Morgan fingerprint density at radius 2 is 1.94 bits per heavy atom. The van der Waals surface area contributed by atoms with Gasteiger partial charge in [0.25, 0.3) is 5.91 Å². The molecule has 170 valence electrons. The predicted molar refractivity (Wildman–Crippen MR) is 126 cm³/mol. The van der Waals surface area contributed by atoms with Crippen molar-refractivity contribution in [2.45, 2.75) is 20.4 Å². The van der Waals surface area contributed by atoms with Gasteiger partial charge in [-0.05, 0) is 44.2 Å². The molecule has 8 nitrogen and oxygen atoms in total. The van der Waals surface area contributed by atoms with Gasteiger partial charge in [-0.3, -0.25) is 4.79 Å². The Balaban J connectivity index is 1.76. The van der Waals surface area contributed by atoms with Crippen LogP contribution >= 0.6 is 11.3 Å². The number of esters is 1. The average molecular weight is 465 g/mol. The van der Waals surface area contributed by atoms with Gasteiger partial charge in [0, 0.05) is 13.7 Å². The van der Waals surface area contributed by atoms with Crippen LogP contribution in [-0.2, 0) is 16.0 Å². The highest BCUT2D eigenvalue weighted by molar-refractivity contribution is 7.16. The number of benzene rings is 2. The molecule has 0 saturated carbocycles. The molecule has 2 heterocycles. The third-order valence-corrected chi connectivity index (χ3v) is 6.19. The number of carbonyl (C=O) groups is 2. The second-order valence-corrected chi connectivity index (χ2v) is 8.25. The number of ether oxygens (including phenoxy) is 2. The van der Waals surface area contributed by atoms with Crippen molar-refractivity contribution in [3.63, 3.8) is 0 Å². The van der Waals surface area contributed by atoms with E-state index in [0.29, 0.717) is 41.4 Å². The molecule has 0 radical (unpaired) electrons. The minimum absolute atomic E-state index is 0.306. The average Bonchev–Trinajstić information content (AvgIpc) is 3.37. The number of nitrogens with zero attached hydrogens (tertiary/aromatic N) is 4. The Morgan fingerprint density at radius 1 is 1.15 bits per heavy atom. The Morgan fingerprint density at radius 3 is 2.67 bits per heavy atom. The molecular formula is C24H24N4O4S. The summed E-state index contributed by atoms with van der Waals surface area (Å²) in [4.78, 5) is 30.2. The number of methoxy groups -OCH3 is 1. The lowest BCUT2D eigenvalue weighted by Gasteiger charge is -2.05. The zero-order chi connectivity index (χ0) is 23.4. The van der Waals surface area contributed by atoms with Crippen LogP contribution < -0.4 is 4.80 Å². The van der Waals surface area contributed by atoms with Crippen LogP contribution in [0.25, 0.3) is 15.9 Å². The molecule has 0 N–H and O–H groups in total. The van der Waals surface area contributed by atoms with E-state index in [2.05, 4.69) is 10.1 Å². The van der Waals surface area contributed by atoms with Crippen LogP contribution in [0.15, 0.2) is 59.7 Å². The van der Waals surface area contributed by atoms with E-state index in [9.17, 15) is 9.59 Å². The topological polar surface area (TPSA) is 87.7 Å². The van der Waals surface area contributed by atoms with Gasteiger partial charge in [0.1, 0.15) is 0 Å². The largest absolute Gasteiger partial charge is 0.462 e. The highest BCUT2D eigenvalue weighted by Gasteiger charge is 2.17. The van der Waals surface area contributed by atoms with Crippen molar-refractivity contribution in [3.8, 4) is 5.69 Å². The number of thiazole rings is 1. The fraction of sp³-hybridized carbons (Fsp3) is 0.250. The molecule has 0 fully saturated rings. The number of amides is 1. The maximum Gasteiger partial charge on any atom is 0.338 e. The summed E-state index contributed by atoms with van der Waals surface area (Å²) in [6.07, 6.45) is 1.54. The Labute approximate surface area is 194 Å². The number of carbonyl (C=O) groups excluding carboxylic acids is 2. The smallest absolute Gasteiger partial charge is 0.338 e. The van der Waals surface area contributed by atoms with Gasteiger partial charge in [-0.1, -0.05) is 29.5 Å². The maximum atomic E-state index is 13.1. The molecule has 1 amide bonds. The van der Waals surface area contributed by atoms with Crippen molar-refractivity contribution in [1.29, 1.82) is 0 Å². The van der Waals surface area contributed by atoms with Crippen LogP contribution in [-0.4, -0.2) is 46.5 Å². The van der Waals surface area contributed by atoms with E-state index >= 15 is 0 Å². The SMILES string of the molecule is CCOC(=O)c1ccc2c(c1)sc(=NC(=O)c1cnn(-c3ccccc3)c1C)n2CCOC. The standard InChI is InChI=1S/C24H24N4O4S/c1-4-32-23(30)17-10-11-20-21(14-17)33-24(27(20)12-13-31-3)26-22(29)19-15-25-28(16(19)2)18-8-6-5-7-9-18/h5-11,14-15H,4,12-13H2,1-3H3. The Hall–Kier alpha value is -3.56. The number of hydrogen-bond acceptors (Lipinski definition) is 6. The highest BCUT2D eigenvalue weighted by atomic mass is 32.1. The van der Waals surface area contributed by atoms with Gasteiger partial charge in [0.2, 0.25) is 0 Å². The molecule has 33 heavy (non-hydrogen) atoms. The molecule has 0 aliphatic heterocycles. The van der Waals surface area contributed by atoms with E-state index in [0.717, 1.165) is 15.9 Å². The number of rotatable bonds is 7. The minimum Gasteiger partial charge on any atom is -0.462 e. The normalized spacial score (nSPS) is 11.8. The Kier molecular flexibility index (Phi) is 6.81. The van der Waals surface area contributed by atoms with Gasteiger partial charge in [-0.2, -0.15) is 10.1 Å². The number of para-hydroxylation sites is 1. The molecule has 2 aromatic heterocycles. The summed E-state index contributed by atoms with van der Waals surface area (Å²) in [7, 11) is 1.62. The molecule has 0 unspecified atom stereocenters. The number of hydrogen-bond donors (Lipinski definition) is 0. The first-order chi connectivity index (χ1) is 16.0. The van der Waals surface area contributed by atoms with Crippen LogP contribution in [0.4, 0.5) is 0 Å². The first kappa shape index (κ1) is 22.6. The van der Waals surface area contributed by atoms with Gasteiger partial charge >= 0.3 is 5.97 Å². The van der Waals surface area contributed by atoms with Gasteiger partial charge in [-0.25, -0.2) is 9.48 Å². The quantitative estimate of drug-likeness (QED) is 0.389. The number of aromatic nitrogens is 3. The molecule has 0 bridgehead atoms. The summed E-state index contributed by atoms with van der Waals surface area (Å²) in [5, 5.41) is 4.37. The van der Waals surface area contributed by atoms with Crippen molar-refractivity contribution in [3.05, 3.63) is 76.4 Å². The van der Waals surface area contributed by atoms with Crippen molar-refractivity contribution in [1.82, 2.24) is 14.3 Å². The van der Waals surface area contributed by atoms with Crippen LogP contribution in [0.2, 0.25) is 0 Å². The highest BCUT2D eigenvalue weighted by Crippen LogP contribution is 2.21. The zero-order valence-corrected chi connectivity index (χ0v) is 19.5. The molecule has 9 heteroatoms. The van der Waals surface area contributed by atoms with Gasteiger partial charge in [-0.15, -0.1) is 0 Å². The third-order valence-electron chi connectivity index (χ3n) is 5.15. The summed E-state index contributed by atoms with van der Waals surface area (Å²) < 4.78 is 14.8. The molecule has 2 aromatic carbocycles. The van der Waals surface area contributed by atoms with E-state index in [1.807, 2.05) is 47.9 Å². The molecule has 4 aromatic rings. The van der Waals surface area contributed by atoms with E-state index in [1.165, 1.54) is 11.3 Å². The lowest BCUT2D eigenvalue weighted by Crippen LogP contribution is -2.19. The summed E-state index contributed by atoms with van der Waals surface area (Å²) in [6.45, 7) is 4.89. The van der Waals surface area contributed by atoms with Crippen LogP contribution in [0, 0.1) is 6.92 Å². The van der Waals surface area contributed by atoms with Crippen LogP contribution in [0.3, 0.4) is 0 Å². The molecule has 0 saturated heterocycles. The first-order valence-corrected chi connectivity index (χ1v) is 11.3. The van der Waals surface area contributed by atoms with Crippen LogP contribution in [0.5, 0.6) is 0 Å². The molecular weight excluding hydrogens is 440 g/mol. The summed E-state index contributed by atoms with van der Waals surface area (Å²) in [5.41, 5.74) is 3.35. The molecule has 0 aliphatic rings. The summed E-state index contributed by atoms with van der Waals surface area (Å²) in [5.74, 6) is -0.757. The molecule has 4 rings (SSSR count). The molecule has 0 atom stereocenters. The van der Waals surface area contributed by atoms with Crippen LogP contribution in [0.1, 0.15) is 33.3 Å². The van der Waals surface area contributed by atoms with E-state index in [1.54, 1.807) is 37.0 Å². The lowest BCUT2D eigenvalue weighted by atomic mass is 10.2. The fourth-order valence-corrected chi connectivity index (χ4v) is 4.59. The van der Waals surface area contributed by atoms with E-state index in [4.69, 9.17) is 9.47 Å². The summed E-state index contributed by atoms with van der Waals surface area (Å²) >= 11 is 1.34. The minimum atomic E-state index is -0.380. The second-order valence-electron chi connectivity index (χ2n) is 7.24. The van der Waals surface area contributed by atoms with Gasteiger partial charge in [0.15, 0.2) is 4.80 Å². The van der Waals surface area contributed by atoms with Gasteiger partial charge in [0.05, 0.1) is 52.1 Å². The fourth-order valence-electron chi connectivity index (χ4n) is 3.49. The van der Waals surface area contributed by atoms with E-state index in [-0.39, 0.29) is 11.9 Å². The van der Waals surface area contributed by atoms with Crippen molar-refractivity contribution in [2.75, 3.05) is 20.3 Å². The lowest BCUT2D eigenvalue weighted by molar-refractivity contribution is 0.0526. The maximum absolute atomic E-state index is 13.1. The first-order valence-electron chi connectivity index (χ1n) is 10.5. The van der Waals surface area contributed by atoms with E-state index < -0.39 is 0 Å². The number of fused-ring (bicyclic) bond motifs is 1. The zero-order valence-electron chi connectivity index (χ0n) is 18.6. The van der Waals surface area contributed by atoms with Crippen molar-refractivity contribution < 1.29 is 19.1 Å². The van der Waals surface area contributed by atoms with Crippen molar-refractivity contribution in [2.24, 2.45) is 4.99 Å². The predicted octanol–water partition coefficient (Wildman–Crippen LogP) is 3.76. The third kappa shape index (κ3) is 4.64. The monoisotopic (exact) mass is 464 g/mol. The van der Waals surface area contributed by atoms with Gasteiger partial charge < -0.3 is 14.0 Å². The second kappa shape index (κ2) is 9.93. The summed E-state index contributed by atoms with van der Waals surface area (Å²) in [6, 6.07) is 15.0.